The molecule has 2 saturated heterocycles. The highest BCUT2D eigenvalue weighted by Crippen LogP contribution is 2.36. The van der Waals surface area contributed by atoms with Crippen LogP contribution in [0.5, 0.6) is 0 Å². The summed E-state index contributed by atoms with van der Waals surface area (Å²) in [5, 5.41) is 3.05. The first-order valence-electron chi connectivity index (χ1n) is 9.22. The third kappa shape index (κ3) is 2.96. The third-order valence-electron chi connectivity index (χ3n) is 5.88. The minimum absolute atomic E-state index is 0.0796. The van der Waals surface area contributed by atoms with Crippen LogP contribution in [-0.2, 0) is 9.59 Å². The van der Waals surface area contributed by atoms with Gasteiger partial charge in [-0.2, -0.15) is 0 Å². The standard InChI is InChI=1S/C18H25N3O2S/c22-17(13-3-1-4-13)20-10-6-14(7-11-20)18(23)21-9-2-5-15(21)16-19-8-12-24-16/h8,12-15H,1-7,9-11H2/t15-/m0/s1. The van der Waals surface area contributed by atoms with E-state index in [0.717, 1.165) is 63.2 Å². The summed E-state index contributed by atoms with van der Waals surface area (Å²) >= 11 is 1.65. The lowest BCUT2D eigenvalue weighted by atomic mass is 9.83. The zero-order valence-corrected chi connectivity index (χ0v) is 14.8. The molecule has 1 aliphatic carbocycles. The van der Waals surface area contributed by atoms with E-state index in [1.165, 1.54) is 6.42 Å². The van der Waals surface area contributed by atoms with Crippen LogP contribution in [0.15, 0.2) is 11.6 Å². The Bertz CT molecular complexity index is 591. The number of amides is 2. The number of carbonyl (C=O) groups excluding carboxylic acids is 2. The summed E-state index contributed by atoms with van der Waals surface area (Å²) in [6.07, 6.45) is 8.86. The lowest BCUT2D eigenvalue weighted by Crippen LogP contribution is -2.46. The Labute approximate surface area is 147 Å². The van der Waals surface area contributed by atoms with Gasteiger partial charge in [0.05, 0.1) is 6.04 Å². The molecule has 130 valence electrons. The second kappa shape index (κ2) is 6.82. The van der Waals surface area contributed by atoms with Crippen molar-refractivity contribution in [2.45, 2.75) is 51.0 Å². The predicted octanol–water partition coefficient (Wildman–Crippen LogP) is 2.85. The topological polar surface area (TPSA) is 53.5 Å². The molecule has 24 heavy (non-hydrogen) atoms. The molecule has 2 aliphatic heterocycles. The summed E-state index contributed by atoms with van der Waals surface area (Å²) in [5.74, 6) is 0.957. The maximum absolute atomic E-state index is 13.0. The Morgan fingerprint density at radius 1 is 0.958 bits per heavy atom. The Morgan fingerprint density at radius 2 is 1.71 bits per heavy atom. The van der Waals surface area contributed by atoms with E-state index in [0.29, 0.717) is 5.91 Å². The number of hydrogen-bond donors (Lipinski definition) is 0. The number of piperidine rings is 1. The second-order valence-electron chi connectivity index (χ2n) is 7.29. The molecule has 1 aromatic rings. The number of thiazole rings is 1. The largest absolute Gasteiger partial charge is 0.342 e. The van der Waals surface area contributed by atoms with E-state index in [-0.39, 0.29) is 23.8 Å². The fraction of sp³-hybridized carbons (Fsp3) is 0.722. The summed E-state index contributed by atoms with van der Waals surface area (Å²) < 4.78 is 0. The third-order valence-corrected chi connectivity index (χ3v) is 6.76. The van der Waals surface area contributed by atoms with Gasteiger partial charge in [0.2, 0.25) is 11.8 Å². The van der Waals surface area contributed by atoms with Crippen molar-refractivity contribution in [2.75, 3.05) is 19.6 Å². The van der Waals surface area contributed by atoms with E-state index in [9.17, 15) is 9.59 Å². The van der Waals surface area contributed by atoms with Crippen LogP contribution in [0.3, 0.4) is 0 Å². The van der Waals surface area contributed by atoms with Crippen LogP contribution in [0.1, 0.15) is 56.0 Å². The molecule has 1 aromatic heterocycles. The minimum atomic E-state index is 0.0796. The molecular formula is C18H25N3O2S. The minimum Gasteiger partial charge on any atom is -0.342 e. The number of aromatic nitrogens is 1. The first kappa shape index (κ1) is 16.1. The maximum atomic E-state index is 13.0. The van der Waals surface area contributed by atoms with Crippen LogP contribution in [0, 0.1) is 11.8 Å². The van der Waals surface area contributed by atoms with Gasteiger partial charge in [0.25, 0.3) is 0 Å². The Morgan fingerprint density at radius 3 is 2.33 bits per heavy atom. The zero-order valence-electron chi connectivity index (χ0n) is 14.0. The first-order valence-corrected chi connectivity index (χ1v) is 10.1. The highest BCUT2D eigenvalue weighted by molar-refractivity contribution is 7.09. The van der Waals surface area contributed by atoms with E-state index < -0.39 is 0 Å². The second-order valence-corrected chi connectivity index (χ2v) is 8.21. The fourth-order valence-corrected chi connectivity index (χ4v) is 4.97. The highest BCUT2D eigenvalue weighted by atomic mass is 32.1. The molecule has 0 N–H and O–H groups in total. The summed E-state index contributed by atoms with van der Waals surface area (Å²) in [4.78, 5) is 33.8. The molecule has 0 unspecified atom stereocenters. The monoisotopic (exact) mass is 347 g/mol. The normalized spacial score (nSPS) is 25.8. The Kier molecular flexibility index (Phi) is 4.57. The molecule has 4 rings (SSSR count). The van der Waals surface area contributed by atoms with Crippen molar-refractivity contribution >= 4 is 23.2 Å². The van der Waals surface area contributed by atoms with Gasteiger partial charge in [-0.15, -0.1) is 11.3 Å². The van der Waals surface area contributed by atoms with Crippen molar-refractivity contribution in [3.8, 4) is 0 Å². The number of hydrogen-bond acceptors (Lipinski definition) is 4. The smallest absolute Gasteiger partial charge is 0.226 e. The molecule has 1 atom stereocenters. The Balaban J connectivity index is 1.35. The van der Waals surface area contributed by atoms with Crippen LogP contribution in [0.4, 0.5) is 0 Å². The van der Waals surface area contributed by atoms with Gasteiger partial charge in [0.15, 0.2) is 0 Å². The van der Waals surface area contributed by atoms with Gasteiger partial charge in [-0.1, -0.05) is 6.42 Å². The van der Waals surface area contributed by atoms with Gasteiger partial charge in [-0.3, -0.25) is 9.59 Å². The van der Waals surface area contributed by atoms with Gasteiger partial charge < -0.3 is 9.80 Å². The lowest BCUT2D eigenvalue weighted by Gasteiger charge is -2.37. The summed E-state index contributed by atoms with van der Waals surface area (Å²) in [6.45, 7) is 2.35. The van der Waals surface area contributed by atoms with Crippen LogP contribution in [0.2, 0.25) is 0 Å². The van der Waals surface area contributed by atoms with Crippen LogP contribution in [-0.4, -0.2) is 46.2 Å². The maximum Gasteiger partial charge on any atom is 0.226 e. The van der Waals surface area contributed by atoms with E-state index in [2.05, 4.69) is 4.98 Å². The van der Waals surface area contributed by atoms with E-state index in [1.807, 2.05) is 21.4 Å². The van der Waals surface area contributed by atoms with Crippen LogP contribution >= 0.6 is 11.3 Å². The summed E-state index contributed by atoms with van der Waals surface area (Å²) in [5.41, 5.74) is 0. The molecule has 0 aromatic carbocycles. The molecule has 2 amide bonds. The molecule has 0 radical (unpaired) electrons. The lowest BCUT2D eigenvalue weighted by molar-refractivity contribution is -0.144. The van der Waals surface area contributed by atoms with Crippen molar-refractivity contribution in [3.63, 3.8) is 0 Å². The molecule has 6 heteroatoms. The van der Waals surface area contributed by atoms with Crippen molar-refractivity contribution in [2.24, 2.45) is 11.8 Å². The van der Waals surface area contributed by atoms with Gasteiger partial charge >= 0.3 is 0 Å². The quantitative estimate of drug-likeness (QED) is 0.845. The van der Waals surface area contributed by atoms with Crippen molar-refractivity contribution in [1.29, 1.82) is 0 Å². The van der Waals surface area contributed by atoms with E-state index in [1.54, 1.807) is 11.3 Å². The van der Waals surface area contributed by atoms with E-state index in [4.69, 9.17) is 0 Å². The van der Waals surface area contributed by atoms with E-state index >= 15 is 0 Å². The van der Waals surface area contributed by atoms with Gasteiger partial charge in [0.1, 0.15) is 5.01 Å². The predicted molar refractivity (Wildman–Crippen MR) is 92.4 cm³/mol. The SMILES string of the molecule is O=C(C1CCC1)N1CCC(C(=O)N2CCC[C@H]2c2nccs2)CC1. The number of likely N-dealkylation sites (tertiary alicyclic amines) is 2. The van der Waals surface area contributed by atoms with Crippen molar-refractivity contribution in [3.05, 3.63) is 16.6 Å². The average Bonchev–Trinajstić information content (AvgIpc) is 3.23. The molecule has 0 spiro atoms. The first-order chi connectivity index (χ1) is 11.7. The van der Waals surface area contributed by atoms with Crippen molar-refractivity contribution < 1.29 is 9.59 Å². The van der Waals surface area contributed by atoms with Gasteiger partial charge in [-0.05, 0) is 38.5 Å². The summed E-state index contributed by atoms with van der Waals surface area (Å²) in [7, 11) is 0. The molecule has 5 nitrogen and oxygen atoms in total. The number of carbonyl (C=O) groups is 2. The fourth-order valence-electron chi connectivity index (χ4n) is 4.18. The Hall–Kier alpha value is -1.43. The molecule has 3 aliphatic rings. The molecule has 1 saturated carbocycles. The molecule has 0 bridgehead atoms. The van der Waals surface area contributed by atoms with Crippen molar-refractivity contribution in [1.82, 2.24) is 14.8 Å². The van der Waals surface area contributed by atoms with Gasteiger partial charge in [0, 0.05) is 43.0 Å². The number of rotatable bonds is 3. The average molecular weight is 347 g/mol. The molecular weight excluding hydrogens is 322 g/mol. The van der Waals surface area contributed by atoms with Crippen LogP contribution < -0.4 is 0 Å². The highest BCUT2D eigenvalue weighted by Gasteiger charge is 2.38. The molecule has 3 heterocycles. The van der Waals surface area contributed by atoms with Crippen LogP contribution in [0.25, 0.3) is 0 Å². The van der Waals surface area contributed by atoms with Gasteiger partial charge in [-0.25, -0.2) is 4.98 Å². The summed E-state index contributed by atoms with van der Waals surface area (Å²) in [6, 6.07) is 0.173. The number of nitrogens with zero attached hydrogens (tertiary/aromatic N) is 3. The molecule has 3 fully saturated rings. The zero-order chi connectivity index (χ0) is 16.5.